The minimum absolute atomic E-state index is 0.0852. The van der Waals surface area contributed by atoms with Gasteiger partial charge >= 0.3 is 0 Å². The Kier molecular flexibility index (Phi) is 10.8. The molecule has 0 aliphatic carbocycles. The minimum atomic E-state index is -4.11. The van der Waals surface area contributed by atoms with Crippen molar-refractivity contribution in [2.24, 2.45) is 0 Å². The highest BCUT2D eigenvalue weighted by Crippen LogP contribution is 2.27. The second-order valence-electron chi connectivity index (χ2n) is 10.0. The molecule has 0 aliphatic rings. The lowest BCUT2D eigenvalue weighted by Crippen LogP contribution is -2.52. The van der Waals surface area contributed by atoms with Gasteiger partial charge in [0, 0.05) is 18.1 Å². The molecule has 0 aliphatic heterocycles. The molecule has 3 rings (SSSR count). The van der Waals surface area contributed by atoms with Gasteiger partial charge in [0.15, 0.2) is 0 Å². The van der Waals surface area contributed by atoms with Crippen LogP contribution in [0.4, 0.5) is 5.69 Å². The van der Waals surface area contributed by atoms with E-state index in [0.717, 1.165) is 33.0 Å². The molecule has 3 aromatic rings. The number of hydrogen-bond acceptors (Lipinski definition) is 4. The number of anilines is 1. The summed E-state index contributed by atoms with van der Waals surface area (Å²) < 4.78 is 29.1. The summed E-state index contributed by atoms with van der Waals surface area (Å²) in [5, 5.41) is 3.44. The van der Waals surface area contributed by atoms with E-state index < -0.39 is 28.5 Å². The number of nitrogens with zero attached hydrogens (tertiary/aromatic N) is 2. The summed E-state index contributed by atoms with van der Waals surface area (Å²) in [5.41, 5.74) is 3.83. The molecule has 1 unspecified atom stereocenters. The lowest BCUT2D eigenvalue weighted by molar-refractivity contribution is -0.140. The van der Waals surface area contributed by atoms with Gasteiger partial charge in [0.25, 0.3) is 10.0 Å². The number of hydrogen-bond donors (Lipinski definition) is 1. The highest BCUT2D eigenvalue weighted by atomic mass is 35.5. The van der Waals surface area contributed by atoms with Crippen LogP contribution in [0.15, 0.2) is 71.6 Å². The van der Waals surface area contributed by atoms with Crippen LogP contribution >= 0.6 is 11.6 Å². The fraction of sp³-hybridized carbons (Fsp3) is 0.355. The Morgan fingerprint density at radius 2 is 1.48 bits per heavy atom. The summed E-state index contributed by atoms with van der Waals surface area (Å²) in [7, 11) is -4.11. The van der Waals surface area contributed by atoms with Crippen molar-refractivity contribution in [3.8, 4) is 0 Å². The monoisotopic (exact) mass is 583 g/mol. The lowest BCUT2D eigenvalue weighted by atomic mass is 10.1. The first kappa shape index (κ1) is 31.2. The summed E-state index contributed by atoms with van der Waals surface area (Å²) in [4.78, 5) is 28.8. The number of amides is 2. The molecule has 0 spiro atoms. The zero-order valence-electron chi connectivity index (χ0n) is 23.8. The predicted molar refractivity (Wildman–Crippen MR) is 161 cm³/mol. The molecule has 1 N–H and O–H groups in total. The molecule has 9 heteroatoms. The summed E-state index contributed by atoms with van der Waals surface area (Å²) >= 11 is 6.07. The average Bonchev–Trinajstić information content (AvgIpc) is 2.91. The van der Waals surface area contributed by atoms with Crippen LogP contribution in [0, 0.1) is 20.8 Å². The fourth-order valence-electron chi connectivity index (χ4n) is 4.53. The number of rotatable bonds is 12. The maximum atomic E-state index is 14.1. The van der Waals surface area contributed by atoms with Gasteiger partial charge in [-0.25, -0.2) is 8.42 Å². The van der Waals surface area contributed by atoms with E-state index >= 15 is 0 Å². The van der Waals surface area contributed by atoms with Gasteiger partial charge in [0.05, 0.1) is 10.6 Å². The zero-order valence-corrected chi connectivity index (χ0v) is 25.3. The lowest BCUT2D eigenvalue weighted by Gasteiger charge is -2.33. The molecule has 0 saturated carbocycles. The van der Waals surface area contributed by atoms with E-state index in [1.54, 1.807) is 60.7 Å². The molecule has 1 atom stereocenters. The van der Waals surface area contributed by atoms with Crippen molar-refractivity contribution in [1.29, 1.82) is 0 Å². The summed E-state index contributed by atoms with van der Waals surface area (Å²) in [6.45, 7) is 9.57. The molecule has 214 valence electrons. The first-order valence-electron chi connectivity index (χ1n) is 13.5. The Morgan fingerprint density at radius 1 is 0.875 bits per heavy atom. The van der Waals surface area contributed by atoms with Crippen LogP contribution in [0.3, 0.4) is 0 Å². The van der Waals surface area contributed by atoms with E-state index in [1.807, 2.05) is 40.7 Å². The van der Waals surface area contributed by atoms with Crippen molar-refractivity contribution >= 4 is 39.1 Å². The van der Waals surface area contributed by atoms with Gasteiger partial charge in [-0.15, -0.1) is 0 Å². The van der Waals surface area contributed by atoms with Crippen LogP contribution in [0.5, 0.6) is 0 Å². The van der Waals surface area contributed by atoms with Gasteiger partial charge in [0.2, 0.25) is 11.8 Å². The van der Waals surface area contributed by atoms with Crippen molar-refractivity contribution in [2.45, 2.75) is 64.9 Å². The van der Waals surface area contributed by atoms with Crippen LogP contribution in [0.25, 0.3) is 0 Å². The molecular weight excluding hydrogens is 546 g/mol. The first-order chi connectivity index (χ1) is 19.0. The van der Waals surface area contributed by atoms with Gasteiger partial charge in [-0.3, -0.25) is 13.9 Å². The highest BCUT2D eigenvalue weighted by molar-refractivity contribution is 7.92. The van der Waals surface area contributed by atoms with Gasteiger partial charge in [-0.05, 0) is 86.7 Å². The number of carbonyl (C=O) groups excluding carboxylic acids is 2. The van der Waals surface area contributed by atoms with E-state index in [0.29, 0.717) is 23.7 Å². The smallest absolute Gasteiger partial charge is 0.264 e. The molecule has 0 radical (unpaired) electrons. The van der Waals surface area contributed by atoms with E-state index in [9.17, 15) is 18.0 Å². The number of nitrogens with one attached hydrogen (secondary N) is 1. The van der Waals surface area contributed by atoms with Crippen LogP contribution in [0.1, 0.15) is 48.9 Å². The summed E-state index contributed by atoms with van der Waals surface area (Å²) in [6.07, 6.45) is 1.12. The third kappa shape index (κ3) is 7.86. The highest BCUT2D eigenvalue weighted by Gasteiger charge is 2.33. The Bertz CT molecular complexity index is 1400. The zero-order chi connectivity index (χ0) is 29.4. The molecule has 0 heterocycles. The Morgan fingerprint density at radius 3 is 2.02 bits per heavy atom. The molecule has 0 aromatic heterocycles. The van der Waals surface area contributed by atoms with E-state index in [4.69, 9.17) is 11.6 Å². The fourth-order valence-corrected chi connectivity index (χ4v) is 6.06. The normalized spacial score (nSPS) is 12.1. The van der Waals surface area contributed by atoms with Gasteiger partial charge in [0.1, 0.15) is 12.6 Å². The van der Waals surface area contributed by atoms with Crippen LogP contribution in [-0.2, 0) is 26.2 Å². The molecule has 40 heavy (non-hydrogen) atoms. The Labute approximate surface area is 243 Å². The van der Waals surface area contributed by atoms with Crippen molar-refractivity contribution in [2.75, 3.05) is 17.4 Å². The number of aryl methyl sites for hydroxylation is 3. The topological polar surface area (TPSA) is 86.8 Å². The summed E-state index contributed by atoms with van der Waals surface area (Å²) in [6, 6.07) is 18.3. The van der Waals surface area contributed by atoms with E-state index in [2.05, 4.69) is 5.32 Å². The van der Waals surface area contributed by atoms with E-state index in [-0.39, 0.29) is 17.3 Å². The molecule has 7 nitrogen and oxygen atoms in total. The van der Waals surface area contributed by atoms with Crippen LogP contribution in [0.2, 0.25) is 5.02 Å². The number of halogens is 1. The third-order valence-corrected chi connectivity index (χ3v) is 8.62. The van der Waals surface area contributed by atoms with Crippen molar-refractivity contribution < 1.29 is 18.0 Å². The molecule has 3 aromatic carbocycles. The van der Waals surface area contributed by atoms with Crippen LogP contribution in [-0.4, -0.2) is 44.3 Å². The van der Waals surface area contributed by atoms with Crippen molar-refractivity contribution in [3.63, 3.8) is 0 Å². The first-order valence-corrected chi connectivity index (χ1v) is 15.3. The van der Waals surface area contributed by atoms with Crippen molar-refractivity contribution in [1.82, 2.24) is 10.2 Å². The second-order valence-corrected chi connectivity index (χ2v) is 12.3. The number of carbonyl (C=O) groups is 2. The van der Waals surface area contributed by atoms with Gasteiger partial charge < -0.3 is 10.2 Å². The Balaban J connectivity index is 2.08. The molecular formula is C31H38ClN3O4S. The Hall–Kier alpha value is -3.36. The second kappa shape index (κ2) is 13.8. The maximum absolute atomic E-state index is 14.1. The number of sulfonamides is 1. The maximum Gasteiger partial charge on any atom is 0.264 e. The third-order valence-electron chi connectivity index (χ3n) is 6.58. The number of benzene rings is 3. The van der Waals surface area contributed by atoms with E-state index in [1.165, 1.54) is 4.90 Å². The summed E-state index contributed by atoms with van der Waals surface area (Å²) in [5.74, 6) is -0.755. The largest absolute Gasteiger partial charge is 0.354 e. The van der Waals surface area contributed by atoms with Gasteiger partial charge in [-0.2, -0.15) is 0 Å². The van der Waals surface area contributed by atoms with Crippen LogP contribution < -0.4 is 9.62 Å². The quantitative estimate of drug-likeness (QED) is 0.292. The molecule has 0 bridgehead atoms. The SMILES string of the molecule is CCCNC(=O)C(CC)N(Cc1ccc(Cl)cc1)C(=O)CN(c1cc(C)cc(C)c1)S(=O)(=O)c1ccc(C)cc1. The molecule has 0 saturated heterocycles. The minimum Gasteiger partial charge on any atom is -0.354 e. The standard InChI is InChI=1S/C31H38ClN3O4S/c1-6-16-33-31(37)29(7-2)34(20-25-10-12-26(32)13-11-25)30(36)21-35(27-18-23(4)17-24(5)19-27)40(38,39)28-14-8-22(3)9-15-28/h8-15,17-19,29H,6-7,16,20-21H2,1-5H3,(H,33,37). The molecule has 0 fully saturated rings. The predicted octanol–water partition coefficient (Wildman–Crippen LogP) is 5.79. The average molecular weight is 584 g/mol. The van der Waals surface area contributed by atoms with Gasteiger partial charge in [-0.1, -0.05) is 61.3 Å². The van der Waals surface area contributed by atoms with Crippen molar-refractivity contribution in [3.05, 3.63) is 94.0 Å². The molecule has 2 amide bonds.